The highest BCUT2D eigenvalue weighted by molar-refractivity contribution is 7.12. The predicted octanol–water partition coefficient (Wildman–Crippen LogP) is 4.16. The minimum atomic E-state index is -0.0458. The van der Waals surface area contributed by atoms with Gasteiger partial charge in [-0.15, -0.1) is 11.3 Å². The molecule has 0 fully saturated rings. The van der Waals surface area contributed by atoms with E-state index in [4.69, 9.17) is 14.5 Å². The summed E-state index contributed by atoms with van der Waals surface area (Å²) in [6.07, 6.45) is 0.647. The van der Waals surface area contributed by atoms with E-state index in [0.717, 1.165) is 33.2 Å². The fourth-order valence-corrected chi connectivity index (χ4v) is 3.92. The standard InChI is InChI=1S/C23H23N3O3S/c1-28-17-8-10-18(11-9-17)29-15-14-26-20-6-3-2-5-19(20)25-22(26)12-13-24-23(27)21-7-4-16-30-21/h2-11,16H,12-15H2,1H3,(H,24,27). The van der Waals surface area contributed by atoms with Gasteiger partial charge in [0.05, 0.1) is 29.6 Å². The molecule has 2 aromatic heterocycles. The Kier molecular flexibility index (Phi) is 6.29. The number of para-hydroxylation sites is 2. The van der Waals surface area contributed by atoms with Crippen molar-refractivity contribution in [2.45, 2.75) is 13.0 Å². The normalized spacial score (nSPS) is 10.8. The number of amides is 1. The van der Waals surface area contributed by atoms with Crippen LogP contribution in [0.25, 0.3) is 11.0 Å². The molecule has 0 saturated carbocycles. The van der Waals surface area contributed by atoms with Crippen LogP contribution < -0.4 is 14.8 Å². The molecule has 0 aliphatic heterocycles. The van der Waals surface area contributed by atoms with Crippen molar-refractivity contribution in [2.24, 2.45) is 0 Å². The molecule has 1 amide bonds. The molecule has 0 atom stereocenters. The smallest absolute Gasteiger partial charge is 0.261 e. The number of benzene rings is 2. The van der Waals surface area contributed by atoms with Gasteiger partial charge < -0.3 is 19.4 Å². The maximum absolute atomic E-state index is 12.2. The molecule has 7 heteroatoms. The van der Waals surface area contributed by atoms with Crippen LogP contribution in [0.3, 0.4) is 0 Å². The number of hydrogen-bond donors (Lipinski definition) is 1. The lowest BCUT2D eigenvalue weighted by molar-refractivity contribution is 0.0958. The maximum Gasteiger partial charge on any atom is 0.261 e. The third kappa shape index (κ3) is 4.63. The molecular weight excluding hydrogens is 398 g/mol. The first kappa shape index (κ1) is 20.0. The number of ether oxygens (including phenoxy) is 2. The van der Waals surface area contributed by atoms with Crippen molar-refractivity contribution in [3.05, 3.63) is 76.7 Å². The molecule has 4 rings (SSSR count). The van der Waals surface area contributed by atoms with Crippen molar-refractivity contribution in [3.8, 4) is 11.5 Å². The number of imidazole rings is 1. The molecule has 2 aromatic carbocycles. The molecule has 0 bridgehead atoms. The zero-order valence-electron chi connectivity index (χ0n) is 16.7. The number of fused-ring (bicyclic) bond motifs is 1. The van der Waals surface area contributed by atoms with Gasteiger partial charge in [0.2, 0.25) is 0 Å². The summed E-state index contributed by atoms with van der Waals surface area (Å²) in [7, 11) is 1.64. The van der Waals surface area contributed by atoms with Gasteiger partial charge in [-0.05, 0) is 47.8 Å². The van der Waals surface area contributed by atoms with E-state index in [0.29, 0.717) is 26.1 Å². The zero-order chi connectivity index (χ0) is 20.8. The van der Waals surface area contributed by atoms with Crippen LogP contribution in [0.5, 0.6) is 11.5 Å². The van der Waals surface area contributed by atoms with Gasteiger partial charge in [-0.2, -0.15) is 0 Å². The Morgan fingerprint density at radius 1 is 1.07 bits per heavy atom. The minimum Gasteiger partial charge on any atom is -0.497 e. The van der Waals surface area contributed by atoms with Crippen LogP contribution in [0.15, 0.2) is 66.0 Å². The second-order valence-electron chi connectivity index (χ2n) is 6.68. The SMILES string of the molecule is COc1ccc(OCCn2c(CCNC(=O)c3cccs3)nc3ccccc32)cc1. The topological polar surface area (TPSA) is 65.4 Å². The largest absolute Gasteiger partial charge is 0.497 e. The lowest BCUT2D eigenvalue weighted by atomic mass is 10.3. The highest BCUT2D eigenvalue weighted by Crippen LogP contribution is 2.19. The van der Waals surface area contributed by atoms with Crippen molar-refractivity contribution < 1.29 is 14.3 Å². The molecule has 0 aliphatic rings. The molecular formula is C23H23N3O3S. The summed E-state index contributed by atoms with van der Waals surface area (Å²) in [5.74, 6) is 2.48. The van der Waals surface area contributed by atoms with E-state index in [1.165, 1.54) is 11.3 Å². The number of carbonyl (C=O) groups is 1. The van der Waals surface area contributed by atoms with Gasteiger partial charge >= 0.3 is 0 Å². The Hall–Kier alpha value is -3.32. The number of methoxy groups -OCH3 is 1. The summed E-state index contributed by atoms with van der Waals surface area (Å²) in [5.41, 5.74) is 2.01. The Balaban J connectivity index is 1.41. The molecule has 6 nitrogen and oxygen atoms in total. The van der Waals surface area contributed by atoms with Crippen molar-refractivity contribution in [1.82, 2.24) is 14.9 Å². The van der Waals surface area contributed by atoms with Gasteiger partial charge in [0.25, 0.3) is 5.91 Å². The average Bonchev–Trinajstić information content (AvgIpc) is 3.43. The van der Waals surface area contributed by atoms with Gasteiger partial charge in [-0.3, -0.25) is 4.79 Å². The van der Waals surface area contributed by atoms with Crippen LogP contribution in [-0.2, 0) is 13.0 Å². The zero-order valence-corrected chi connectivity index (χ0v) is 17.5. The number of thiophene rings is 1. The second-order valence-corrected chi connectivity index (χ2v) is 7.62. The number of nitrogens with one attached hydrogen (secondary N) is 1. The van der Waals surface area contributed by atoms with Gasteiger partial charge in [0, 0.05) is 13.0 Å². The summed E-state index contributed by atoms with van der Waals surface area (Å²) < 4.78 is 13.2. The highest BCUT2D eigenvalue weighted by atomic mass is 32.1. The number of rotatable bonds is 9. The molecule has 1 N–H and O–H groups in total. The van der Waals surface area contributed by atoms with Gasteiger partial charge in [-0.1, -0.05) is 18.2 Å². The summed E-state index contributed by atoms with van der Waals surface area (Å²) >= 11 is 1.44. The van der Waals surface area contributed by atoms with Crippen LogP contribution in [0.2, 0.25) is 0 Å². The fourth-order valence-electron chi connectivity index (χ4n) is 3.28. The number of nitrogens with zero attached hydrogens (tertiary/aromatic N) is 2. The summed E-state index contributed by atoms with van der Waals surface area (Å²) in [6.45, 7) is 1.71. The van der Waals surface area contributed by atoms with Crippen LogP contribution in [0.1, 0.15) is 15.5 Å². The summed E-state index contributed by atoms with van der Waals surface area (Å²) in [4.78, 5) is 17.7. The van der Waals surface area contributed by atoms with Crippen LogP contribution in [-0.4, -0.2) is 35.7 Å². The van der Waals surface area contributed by atoms with Crippen LogP contribution in [0, 0.1) is 0 Å². The van der Waals surface area contributed by atoms with Crippen molar-refractivity contribution in [2.75, 3.05) is 20.3 Å². The molecule has 0 saturated heterocycles. The first-order valence-electron chi connectivity index (χ1n) is 9.77. The average molecular weight is 422 g/mol. The lowest BCUT2D eigenvalue weighted by Gasteiger charge is -2.11. The lowest BCUT2D eigenvalue weighted by Crippen LogP contribution is -2.26. The second kappa shape index (κ2) is 9.45. The summed E-state index contributed by atoms with van der Waals surface area (Å²) in [5, 5.41) is 4.87. The first-order valence-corrected chi connectivity index (χ1v) is 10.7. The molecule has 154 valence electrons. The van der Waals surface area contributed by atoms with Crippen molar-refractivity contribution >= 4 is 28.3 Å². The monoisotopic (exact) mass is 421 g/mol. The number of carbonyl (C=O) groups excluding carboxylic acids is 1. The minimum absolute atomic E-state index is 0.0458. The third-order valence-electron chi connectivity index (χ3n) is 4.76. The highest BCUT2D eigenvalue weighted by Gasteiger charge is 2.12. The van der Waals surface area contributed by atoms with Crippen molar-refractivity contribution in [3.63, 3.8) is 0 Å². The molecule has 30 heavy (non-hydrogen) atoms. The van der Waals surface area contributed by atoms with Gasteiger partial charge in [0.15, 0.2) is 0 Å². The quantitative estimate of drug-likeness (QED) is 0.441. The third-order valence-corrected chi connectivity index (χ3v) is 5.62. The van der Waals surface area contributed by atoms with E-state index in [2.05, 4.69) is 16.0 Å². The van der Waals surface area contributed by atoms with Crippen LogP contribution >= 0.6 is 11.3 Å². The molecule has 0 radical (unpaired) electrons. The molecule has 0 aliphatic carbocycles. The summed E-state index contributed by atoms with van der Waals surface area (Å²) in [6, 6.07) is 19.3. The Morgan fingerprint density at radius 2 is 1.87 bits per heavy atom. The van der Waals surface area contributed by atoms with Gasteiger partial charge in [0.1, 0.15) is 23.9 Å². The Morgan fingerprint density at radius 3 is 2.63 bits per heavy atom. The molecule has 2 heterocycles. The van der Waals surface area contributed by atoms with E-state index >= 15 is 0 Å². The molecule has 4 aromatic rings. The number of aromatic nitrogens is 2. The van der Waals surface area contributed by atoms with Gasteiger partial charge in [-0.25, -0.2) is 4.98 Å². The fraction of sp³-hybridized carbons (Fsp3) is 0.217. The molecule has 0 spiro atoms. The van der Waals surface area contributed by atoms with E-state index in [1.54, 1.807) is 7.11 Å². The van der Waals surface area contributed by atoms with Crippen LogP contribution in [0.4, 0.5) is 0 Å². The molecule has 0 unspecified atom stereocenters. The first-order chi connectivity index (χ1) is 14.7. The number of hydrogen-bond acceptors (Lipinski definition) is 5. The maximum atomic E-state index is 12.2. The van der Waals surface area contributed by atoms with Crippen molar-refractivity contribution in [1.29, 1.82) is 0 Å². The van der Waals surface area contributed by atoms with E-state index in [9.17, 15) is 4.79 Å². The Labute approximate surface area is 179 Å². The van der Waals surface area contributed by atoms with E-state index in [1.807, 2.05) is 60.0 Å². The predicted molar refractivity (Wildman–Crippen MR) is 119 cm³/mol. The van der Waals surface area contributed by atoms with E-state index in [-0.39, 0.29) is 5.91 Å². The Bertz CT molecular complexity index is 1100. The van der Waals surface area contributed by atoms with E-state index < -0.39 is 0 Å².